The van der Waals surface area contributed by atoms with Gasteiger partial charge in [-0.3, -0.25) is 4.79 Å². The van der Waals surface area contributed by atoms with Crippen LogP contribution in [-0.2, 0) is 9.53 Å². The third kappa shape index (κ3) is 3.55. The van der Waals surface area contributed by atoms with Crippen LogP contribution in [0, 0.1) is 11.3 Å². The minimum atomic E-state index is -0.533. The molecule has 28 heavy (non-hydrogen) atoms. The van der Waals surface area contributed by atoms with Crippen LogP contribution in [-0.4, -0.2) is 59.4 Å². The standard InChI is InChI=1S/C20H26N6O2/c1-14-12-25(16-4-3-15(11-21)26-17(16)5-8-23-26)13-18(28-14)19(27)24-20(2)6-9-22-10-7-20/h3-5,8,14,18,22H,6-7,9-10,12-13H2,1-2H3,(H,24,27). The number of rotatable bonds is 3. The summed E-state index contributed by atoms with van der Waals surface area (Å²) in [4.78, 5) is 15.1. The fraction of sp³-hybridized carbons (Fsp3) is 0.550. The quantitative estimate of drug-likeness (QED) is 0.824. The Morgan fingerprint density at radius 2 is 2.14 bits per heavy atom. The minimum absolute atomic E-state index is 0.0564. The second kappa shape index (κ2) is 7.41. The van der Waals surface area contributed by atoms with Crippen molar-refractivity contribution in [1.82, 2.24) is 20.2 Å². The topological polar surface area (TPSA) is 94.7 Å². The molecule has 0 bridgehead atoms. The molecule has 0 aromatic carbocycles. The number of hydrogen-bond donors (Lipinski definition) is 2. The second-order valence-electron chi connectivity index (χ2n) is 7.98. The number of carbonyl (C=O) groups is 1. The van der Waals surface area contributed by atoms with Gasteiger partial charge in [-0.1, -0.05) is 0 Å². The van der Waals surface area contributed by atoms with Gasteiger partial charge in [-0.2, -0.15) is 10.4 Å². The average molecular weight is 382 g/mol. The predicted molar refractivity (Wildman–Crippen MR) is 105 cm³/mol. The molecule has 4 rings (SSSR count). The highest BCUT2D eigenvalue weighted by Crippen LogP contribution is 2.27. The van der Waals surface area contributed by atoms with Gasteiger partial charge >= 0.3 is 0 Å². The van der Waals surface area contributed by atoms with Crippen molar-refractivity contribution in [3.05, 3.63) is 30.1 Å². The lowest BCUT2D eigenvalue weighted by Crippen LogP contribution is -2.59. The van der Waals surface area contributed by atoms with E-state index >= 15 is 0 Å². The summed E-state index contributed by atoms with van der Waals surface area (Å²) in [5.41, 5.74) is 2.11. The van der Waals surface area contributed by atoms with Crippen LogP contribution in [0.25, 0.3) is 5.52 Å². The normalized spacial score (nSPS) is 24.7. The summed E-state index contributed by atoms with van der Waals surface area (Å²) in [7, 11) is 0. The van der Waals surface area contributed by atoms with E-state index in [0.717, 1.165) is 37.1 Å². The van der Waals surface area contributed by atoms with Crippen molar-refractivity contribution in [2.24, 2.45) is 0 Å². The van der Waals surface area contributed by atoms with Crippen LogP contribution < -0.4 is 15.5 Å². The van der Waals surface area contributed by atoms with Crippen LogP contribution in [0.3, 0.4) is 0 Å². The number of hydrogen-bond acceptors (Lipinski definition) is 6. The van der Waals surface area contributed by atoms with Crippen LogP contribution >= 0.6 is 0 Å². The molecule has 2 N–H and O–H groups in total. The largest absolute Gasteiger partial charge is 0.364 e. The number of carbonyl (C=O) groups excluding carboxylic acids is 1. The Hall–Kier alpha value is -2.63. The van der Waals surface area contributed by atoms with Crippen LogP contribution in [0.2, 0.25) is 0 Å². The van der Waals surface area contributed by atoms with Gasteiger partial charge in [0.05, 0.1) is 30.0 Å². The van der Waals surface area contributed by atoms with Gasteiger partial charge in [0.2, 0.25) is 0 Å². The third-order valence-corrected chi connectivity index (χ3v) is 5.67. The Morgan fingerprint density at radius 3 is 2.89 bits per heavy atom. The van der Waals surface area contributed by atoms with Gasteiger partial charge in [-0.15, -0.1) is 0 Å². The number of morpholine rings is 1. The summed E-state index contributed by atoms with van der Waals surface area (Å²) in [6, 6.07) is 7.74. The number of piperidine rings is 1. The maximum absolute atomic E-state index is 13.0. The van der Waals surface area contributed by atoms with E-state index in [0.29, 0.717) is 18.8 Å². The first kappa shape index (κ1) is 18.7. The average Bonchev–Trinajstić information content (AvgIpc) is 3.17. The molecule has 2 aliphatic rings. The molecule has 8 heteroatoms. The second-order valence-corrected chi connectivity index (χ2v) is 7.98. The van der Waals surface area contributed by atoms with Crippen molar-refractivity contribution in [2.75, 3.05) is 31.1 Å². The van der Waals surface area contributed by atoms with Crippen molar-refractivity contribution in [3.63, 3.8) is 0 Å². The van der Waals surface area contributed by atoms with Crippen LogP contribution in [0.4, 0.5) is 5.69 Å². The molecular formula is C20H26N6O2. The van der Waals surface area contributed by atoms with E-state index in [4.69, 9.17) is 4.74 Å². The molecule has 0 aliphatic carbocycles. The lowest BCUT2D eigenvalue weighted by molar-refractivity contribution is -0.139. The Labute approximate surface area is 164 Å². The maximum Gasteiger partial charge on any atom is 0.251 e. The van der Waals surface area contributed by atoms with Gasteiger partial charge in [0.25, 0.3) is 5.91 Å². The summed E-state index contributed by atoms with van der Waals surface area (Å²) in [6.07, 6.45) is 2.90. The zero-order chi connectivity index (χ0) is 19.7. The number of ether oxygens (including phenoxy) is 1. The molecular weight excluding hydrogens is 356 g/mol. The number of aromatic nitrogens is 2. The molecule has 148 valence electrons. The van der Waals surface area contributed by atoms with Gasteiger partial charge in [0, 0.05) is 12.1 Å². The molecule has 2 aliphatic heterocycles. The number of nitrogens with one attached hydrogen (secondary N) is 2. The summed E-state index contributed by atoms with van der Waals surface area (Å²) < 4.78 is 7.62. The summed E-state index contributed by atoms with van der Waals surface area (Å²) in [6.45, 7) is 7.06. The number of nitrogens with zero attached hydrogens (tertiary/aromatic N) is 4. The van der Waals surface area contributed by atoms with E-state index in [1.807, 2.05) is 19.1 Å². The van der Waals surface area contributed by atoms with E-state index in [2.05, 4.69) is 33.6 Å². The molecule has 0 radical (unpaired) electrons. The lowest BCUT2D eigenvalue weighted by Gasteiger charge is -2.40. The van der Waals surface area contributed by atoms with E-state index in [9.17, 15) is 10.1 Å². The van der Waals surface area contributed by atoms with Gasteiger partial charge in [-0.05, 0) is 58.0 Å². The van der Waals surface area contributed by atoms with Gasteiger partial charge in [-0.25, -0.2) is 4.52 Å². The Kier molecular flexibility index (Phi) is 4.96. The van der Waals surface area contributed by atoms with Crippen molar-refractivity contribution in [2.45, 2.75) is 44.4 Å². The Bertz CT molecular complexity index is 911. The molecule has 0 spiro atoms. The molecule has 2 saturated heterocycles. The maximum atomic E-state index is 13.0. The first-order valence-electron chi connectivity index (χ1n) is 9.79. The molecule has 2 aromatic heterocycles. The van der Waals surface area contributed by atoms with Crippen molar-refractivity contribution in [1.29, 1.82) is 5.26 Å². The highest BCUT2D eigenvalue weighted by atomic mass is 16.5. The van der Waals surface area contributed by atoms with Gasteiger partial charge < -0.3 is 20.3 Å². The summed E-state index contributed by atoms with van der Waals surface area (Å²) in [5, 5.41) is 20.1. The number of nitriles is 1. The molecule has 0 saturated carbocycles. The molecule has 2 unspecified atom stereocenters. The van der Waals surface area contributed by atoms with E-state index in [1.165, 1.54) is 0 Å². The molecule has 2 fully saturated rings. The molecule has 1 amide bonds. The van der Waals surface area contributed by atoms with Crippen LogP contribution in [0.15, 0.2) is 24.4 Å². The summed E-state index contributed by atoms with van der Waals surface area (Å²) >= 11 is 0. The Balaban J connectivity index is 1.55. The third-order valence-electron chi connectivity index (χ3n) is 5.67. The highest BCUT2D eigenvalue weighted by Gasteiger charge is 2.36. The number of fused-ring (bicyclic) bond motifs is 1. The van der Waals surface area contributed by atoms with E-state index in [1.54, 1.807) is 16.8 Å². The summed E-state index contributed by atoms with van der Waals surface area (Å²) in [5.74, 6) is -0.0564. The molecule has 8 nitrogen and oxygen atoms in total. The first-order valence-corrected chi connectivity index (χ1v) is 9.79. The first-order chi connectivity index (χ1) is 13.5. The van der Waals surface area contributed by atoms with E-state index < -0.39 is 6.10 Å². The highest BCUT2D eigenvalue weighted by molar-refractivity contribution is 5.83. The van der Waals surface area contributed by atoms with Gasteiger partial charge in [0.1, 0.15) is 11.8 Å². The zero-order valence-corrected chi connectivity index (χ0v) is 16.3. The Morgan fingerprint density at radius 1 is 1.36 bits per heavy atom. The lowest BCUT2D eigenvalue weighted by atomic mass is 9.90. The SMILES string of the molecule is CC1CN(c2ccc(C#N)n3nccc23)CC(C(=O)NC2(C)CCNCC2)O1. The van der Waals surface area contributed by atoms with Gasteiger partial charge in [0.15, 0.2) is 6.10 Å². The van der Waals surface area contributed by atoms with E-state index in [-0.39, 0.29) is 17.6 Å². The minimum Gasteiger partial charge on any atom is -0.364 e. The number of anilines is 1. The van der Waals surface area contributed by atoms with Crippen molar-refractivity contribution < 1.29 is 9.53 Å². The predicted octanol–water partition coefficient (Wildman–Crippen LogP) is 1.06. The van der Waals surface area contributed by atoms with Crippen molar-refractivity contribution >= 4 is 17.1 Å². The van der Waals surface area contributed by atoms with Crippen LogP contribution in [0.1, 0.15) is 32.4 Å². The smallest absolute Gasteiger partial charge is 0.251 e. The number of amides is 1. The fourth-order valence-corrected chi connectivity index (χ4v) is 4.13. The molecule has 2 atom stereocenters. The number of pyridine rings is 1. The molecule has 2 aromatic rings. The van der Waals surface area contributed by atoms with Crippen LogP contribution in [0.5, 0.6) is 0 Å². The molecule has 4 heterocycles. The zero-order valence-electron chi connectivity index (χ0n) is 16.3. The monoisotopic (exact) mass is 382 g/mol. The van der Waals surface area contributed by atoms with Crippen molar-refractivity contribution in [3.8, 4) is 6.07 Å². The fourth-order valence-electron chi connectivity index (χ4n) is 4.13.